The molecule has 1 aliphatic heterocycles. The molecule has 0 radical (unpaired) electrons. The van der Waals surface area contributed by atoms with Gasteiger partial charge in [0, 0.05) is 30.3 Å². The van der Waals surface area contributed by atoms with Crippen LogP contribution in [0.25, 0.3) is 22.0 Å². The number of carbonyl (C=O) groups is 1. The number of benzene rings is 2. The summed E-state index contributed by atoms with van der Waals surface area (Å²) >= 11 is 6.10. The fraction of sp³-hybridized carbons (Fsp3) is 0.0870. The van der Waals surface area contributed by atoms with Crippen molar-refractivity contribution in [1.29, 1.82) is 0 Å². The van der Waals surface area contributed by atoms with Crippen molar-refractivity contribution in [3.05, 3.63) is 71.6 Å². The molecule has 3 heterocycles. The number of carbonyl (C=O) groups excluding carboxylic acids is 1. The average molecular weight is 517 g/mol. The van der Waals surface area contributed by atoms with Crippen LogP contribution in [0.3, 0.4) is 0 Å². The minimum atomic E-state index is -4.42. The van der Waals surface area contributed by atoms with E-state index in [0.29, 0.717) is 39.5 Å². The molecule has 2 aromatic heterocycles. The van der Waals surface area contributed by atoms with Gasteiger partial charge in [-0.3, -0.25) is 14.5 Å². The van der Waals surface area contributed by atoms with Crippen LogP contribution in [-0.2, 0) is 14.8 Å². The number of amides is 1. The average Bonchev–Trinajstić information content (AvgIpc) is 2.82. The highest BCUT2D eigenvalue weighted by Crippen LogP contribution is 2.39. The van der Waals surface area contributed by atoms with Gasteiger partial charge in [-0.1, -0.05) is 17.7 Å². The molecule has 0 spiro atoms. The minimum Gasteiger partial charge on any atom is -0.481 e. The summed E-state index contributed by atoms with van der Waals surface area (Å²) in [6, 6.07) is 8.84. The van der Waals surface area contributed by atoms with E-state index < -0.39 is 26.6 Å². The summed E-state index contributed by atoms with van der Waals surface area (Å²) in [5, 5.41) is 0.480. The van der Waals surface area contributed by atoms with Crippen LogP contribution in [0.5, 0.6) is 5.75 Å². The molecule has 2 aromatic carbocycles. The Bertz CT molecular complexity index is 1630. The Labute approximate surface area is 203 Å². The molecule has 8 nitrogen and oxygen atoms in total. The van der Waals surface area contributed by atoms with E-state index in [1.54, 1.807) is 31.4 Å². The van der Waals surface area contributed by atoms with Gasteiger partial charge in [0.2, 0.25) is 0 Å². The Hall–Kier alpha value is -3.83. The normalized spacial score (nSPS) is 13.5. The van der Waals surface area contributed by atoms with Crippen molar-refractivity contribution in [2.45, 2.75) is 4.90 Å². The molecule has 0 fully saturated rings. The largest absolute Gasteiger partial charge is 0.481 e. The first-order chi connectivity index (χ1) is 16.6. The molecule has 0 saturated carbocycles. The Morgan fingerprint density at radius 2 is 1.86 bits per heavy atom. The zero-order chi connectivity index (χ0) is 24.9. The number of hydrogen-bond donors (Lipinski definition) is 1. The lowest BCUT2D eigenvalue weighted by molar-refractivity contribution is -0.120. The molecule has 1 aliphatic rings. The fourth-order valence-corrected chi connectivity index (χ4v) is 4.99. The van der Waals surface area contributed by atoms with E-state index in [1.165, 1.54) is 17.2 Å². The maximum absolute atomic E-state index is 14.1. The maximum Gasteiger partial charge on any atom is 0.264 e. The third-order valence-electron chi connectivity index (χ3n) is 5.48. The summed E-state index contributed by atoms with van der Waals surface area (Å²) in [5.74, 6) is -1.86. The van der Waals surface area contributed by atoms with Crippen LogP contribution in [0.15, 0.2) is 59.8 Å². The number of nitrogens with zero attached hydrogens (tertiary/aromatic N) is 3. The Kier molecular flexibility index (Phi) is 5.53. The molecule has 0 aliphatic carbocycles. The molecule has 0 unspecified atom stereocenters. The third-order valence-corrected chi connectivity index (χ3v) is 7.18. The third kappa shape index (κ3) is 4.13. The number of fused-ring (bicyclic) bond motifs is 3. The number of pyridine rings is 2. The molecule has 1 amide bonds. The molecule has 0 atom stereocenters. The SMILES string of the molecule is CN1C(=O)COc2c1cnc1ccc(-c3cnc(Cl)c(NS(=O)(=O)c4ccc(F)cc4F)c3)cc21. The maximum atomic E-state index is 14.1. The summed E-state index contributed by atoms with van der Waals surface area (Å²) in [4.78, 5) is 21.1. The molecule has 0 saturated heterocycles. The predicted molar refractivity (Wildman–Crippen MR) is 126 cm³/mol. The topological polar surface area (TPSA) is 101 Å². The van der Waals surface area contributed by atoms with E-state index in [9.17, 15) is 22.0 Å². The number of ether oxygens (including phenoxy) is 1. The van der Waals surface area contributed by atoms with Crippen LogP contribution >= 0.6 is 11.6 Å². The lowest BCUT2D eigenvalue weighted by atomic mass is 10.0. The van der Waals surface area contributed by atoms with E-state index in [1.807, 2.05) is 0 Å². The van der Waals surface area contributed by atoms with Crippen LogP contribution in [0.1, 0.15) is 0 Å². The molecular formula is C23H15ClF2N4O4S. The van der Waals surface area contributed by atoms with Crippen molar-refractivity contribution in [3.63, 3.8) is 0 Å². The highest BCUT2D eigenvalue weighted by molar-refractivity contribution is 7.92. The van der Waals surface area contributed by atoms with Gasteiger partial charge in [-0.15, -0.1) is 0 Å². The zero-order valence-electron chi connectivity index (χ0n) is 17.9. The van der Waals surface area contributed by atoms with Gasteiger partial charge in [-0.25, -0.2) is 22.2 Å². The van der Waals surface area contributed by atoms with Gasteiger partial charge in [0.15, 0.2) is 17.5 Å². The summed E-state index contributed by atoms with van der Waals surface area (Å²) in [7, 11) is -2.79. The number of hydrogen-bond acceptors (Lipinski definition) is 6. The van der Waals surface area contributed by atoms with Crippen molar-refractivity contribution in [2.24, 2.45) is 0 Å². The van der Waals surface area contributed by atoms with Gasteiger partial charge >= 0.3 is 0 Å². The summed E-state index contributed by atoms with van der Waals surface area (Å²) < 4.78 is 60.6. The molecule has 1 N–H and O–H groups in total. The number of aromatic nitrogens is 2. The number of halogens is 3. The van der Waals surface area contributed by atoms with Gasteiger partial charge in [0.05, 0.1) is 17.4 Å². The van der Waals surface area contributed by atoms with Crippen molar-refractivity contribution in [1.82, 2.24) is 9.97 Å². The van der Waals surface area contributed by atoms with Gasteiger partial charge in [0.1, 0.15) is 22.2 Å². The zero-order valence-corrected chi connectivity index (χ0v) is 19.5. The van der Waals surface area contributed by atoms with Crippen LogP contribution in [0.4, 0.5) is 20.2 Å². The number of likely N-dealkylation sites (N-methyl/N-ethyl adjacent to an activating group) is 1. The van der Waals surface area contributed by atoms with Gasteiger partial charge in [-0.2, -0.15) is 0 Å². The summed E-state index contributed by atoms with van der Waals surface area (Å²) in [6.45, 7) is -0.110. The smallest absolute Gasteiger partial charge is 0.264 e. The standard InChI is InChI=1S/C23H15ClF2N4O4S/c1-30-19-10-27-17-4-2-12(6-15(17)22(19)34-11-21(30)31)13-7-18(23(24)28-9-13)29-35(32,33)20-5-3-14(25)8-16(20)26/h2-10,29H,11H2,1H3. The Morgan fingerprint density at radius 1 is 1.06 bits per heavy atom. The van der Waals surface area contributed by atoms with E-state index in [0.717, 1.165) is 12.1 Å². The fourth-order valence-electron chi connectivity index (χ4n) is 3.66. The first-order valence-corrected chi connectivity index (χ1v) is 12.0. The molecule has 12 heteroatoms. The second-order valence-corrected chi connectivity index (χ2v) is 9.70. The summed E-state index contributed by atoms with van der Waals surface area (Å²) in [6.07, 6.45) is 3.00. The molecular weight excluding hydrogens is 502 g/mol. The second kappa shape index (κ2) is 8.43. The lowest BCUT2D eigenvalue weighted by Gasteiger charge is -2.26. The molecule has 5 rings (SSSR count). The van der Waals surface area contributed by atoms with Crippen LogP contribution in [-0.4, -0.2) is 37.9 Å². The van der Waals surface area contributed by atoms with Gasteiger partial charge in [-0.05, 0) is 35.9 Å². The van der Waals surface area contributed by atoms with Crippen molar-refractivity contribution in [2.75, 3.05) is 23.3 Å². The van der Waals surface area contributed by atoms with Crippen molar-refractivity contribution < 1.29 is 26.7 Å². The van der Waals surface area contributed by atoms with Gasteiger partial charge in [0.25, 0.3) is 15.9 Å². The van der Waals surface area contributed by atoms with Crippen LogP contribution < -0.4 is 14.4 Å². The van der Waals surface area contributed by atoms with E-state index >= 15 is 0 Å². The minimum absolute atomic E-state index is 0.0946. The van der Waals surface area contributed by atoms with Gasteiger partial charge < -0.3 is 9.64 Å². The molecule has 178 valence electrons. The van der Waals surface area contributed by atoms with E-state index in [2.05, 4.69) is 14.7 Å². The molecule has 0 bridgehead atoms. The monoisotopic (exact) mass is 516 g/mol. The highest BCUT2D eigenvalue weighted by Gasteiger charge is 2.25. The number of rotatable bonds is 4. The summed E-state index contributed by atoms with van der Waals surface area (Å²) in [5.41, 5.74) is 2.18. The van der Waals surface area contributed by atoms with Crippen molar-refractivity contribution >= 4 is 49.8 Å². The second-order valence-electron chi connectivity index (χ2n) is 7.69. The Balaban J connectivity index is 1.55. The quantitative estimate of drug-likeness (QED) is 0.404. The number of sulfonamides is 1. The van der Waals surface area contributed by atoms with E-state index in [-0.39, 0.29) is 23.4 Å². The Morgan fingerprint density at radius 3 is 2.63 bits per heavy atom. The van der Waals surface area contributed by atoms with E-state index in [4.69, 9.17) is 16.3 Å². The van der Waals surface area contributed by atoms with Crippen molar-refractivity contribution in [3.8, 4) is 16.9 Å². The van der Waals surface area contributed by atoms with Crippen LogP contribution in [0, 0.1) is 11.6 Å². The number of nitrogens with one attached hydrogen (secondary N) is 1. The van der Waals surface area contributed by atoms with Crippen LogP contribution in [0.2, 0.25) is 5.15 Å². The number of anilines is 2. The predicted octanol–water partition coefficient (Wildman–Crippen LogP) is 4.38. The molecule has 4 aromatic rings. The highest BCUT2D eigenvalue weighted by atomic mass is 35.5. The lowest BCUT2D eigenvalue weighted by Crippen LogP contribution is -2.35. The first kappa shape index (κ1) is 22.9. The first-order valence-electron chi connectivity index (χ1n) is 10.1. The molecule has 35 heavy (non-hydrogen) atoms.